The maximum atomic E-state index is 13.9. The zero-order valence-corrected chi connectivity index (χ0v) is 13.9. The Morgan fingerprint density at radius 3 is 2.54 bits per heavy atom. The number of allylic oxidation sites excluding steroid dienone is 1. The Morgan fingerprint density at radius 2 is 1.81 bits per heavy atom. The van der Waals surface area contributed by atoms with E-state index in [1.54, 1.807) is 54.7 Å². The molecule has 0 saturated heterocycles. The second kappa shape index (κ2) is 8.16. The summed E-state index contributed by atoms with van der Waals surface area (Å²) in [7, 11) is 0. The molecule has 3 nitrogen and oxygen atoms in total. The minimum atomic E-state index is -0.383. The molecule has 0 bridgehead atoms. The van der Waals surface area contributed by atoms with E-state index in [2.05, 4.69) is 9.98 Å². The number of benzene rings is 2. The summed E-state index contributed by atoms with van der Waals surface area (Å²) in [6.07, 6.45) is 3.26. The third-order valence-corrected chi connectivity index (χ3v) is 3.75. The van der Waals surface area contributed by atoms with Crippen LogP contribution in [0.3, 0.4) is 0 Å². The zero-order chi connectivity index (χ0) is 18.4. The first kappa shape index (κ1) is 17.5. The maximum Gasteiger partial charge on any atom is 0.128 e. The van der Waals surface area contributed by atoms with Gasteiger partial charge in [0.25, 0.3) is 0 Å². The normalized spacial score (nSPS) is 12.2. The Morgan fingerprint density at radius 1 is 1.00 bits per heavy atom. The lowest BCUT2D eigenvalue weighted by Gasteiger charge is -2.06. The number of rotatable bonds is 5. The fraction of sp³-hybridized carbons (Fsp3) is 0.0476. The van der Waals surface area contributed by atoms with Crippen molar-refractivity contribution in [1.82, 2.24) is 4.98 Å². The van der Waals surface area contributed by atoms with Crippen molar-refractivity contribution in [2.45, 2.75) is 6.54 Å². The van der Waals surface area contributed by atoms with E-state index in [1.165, 1.54) is 18.2 Å². The molecule has 2 N–H and O–H groups in total. The summed E-state index contributed by atoms with van der Waals surface area (Å²) in [6.45, 7) is 0.116. The van der Waals surface area contributed by atoms with Gasteiger partial charge in [-0.15, -0.1) is 0 Å². The number of hydrogen-bond acceptors (Lipinski definition) is 3. The van der Waals surface area contributed by atoms with Gasteiger partial charge in [-0.05, 0) is 36.4 Å². The van der Waals surface area contributed by atoms with Crippen molar-refractivity contribution in [3.05, 3.63) is 107 Å². The third-order valence-electron chi connectivity index (χ3n) is 3.75. The van der Waals surface area contributed by atoms with Gasteiger partial charge in [0.15, 0.2) is 0 Å². The number of halogens is 2. The van der Waals surface area contributed by atoms with Crippen LogP contribution in [0.2, 0.25) is 0 Å². The van der Waals surface area contributed by atoms with Crippen molar-refractivity contribution in [1.29, 1.82) is 0 Å². The van der Waals surface area contributed by atoms with Crippen LogP contribution in [0.15, 0.2) is 84.0 Å². The van der Waals surface area contributed by atoms with E-state index >= 15 is 0 Å². The molecule has 0 fully saturated rings. The Bertz CT molecular complexity index is 950. The van der Waals surface area contributed by atoms with E-state index in [9.17, 15) is 8.78 Å². The second-order valence-corrected chi connectivity index (χ2v) is 5.62. The summed E-state index contributed by atoms with van der Waals surface area (Å²) in [5.41, 5.74) is 8.56. The lowest BCUT2D eigenvalue weighted by atomic mass is 10.1. The summed E-state index contributed by atoms with van der Waals surface area (Å²) in [5.74, 6) is -0.720. The van der Waals surface area contributed by atoms with E-state index in [0.717, 1.165) is 0 Å². The highest BCUT2D eigenvalue weighted by Gasteiger charge is 2.07. The van der Waals surface area contributed by atoms with Gasteiger partial charge in [0.2, 0.25) is 0 Å². The van der Waals surface area contributed by atoms with Gasteiger partial charge in [-0.3, -0.25) is 9.98 Å². The molecular formula is C21H17F2N3. The van der Waals surface area contributed by atoms with E-state index in [4.69, 9.17) is 5.73 Å². The minimum absolute atomic E-state index is 0.116. The number of nitrogens with zero attached hydrogens (tertiary/aromatic N) is 2. The molecule has 0 spiro atoms. The van der Waals surface area contributed by atoms with Crippen LogP contribution in [0.25, 0.3) is 5.70 Å². The molecule has 1 aromatic heterocycles. The smallest absolute Gasteiger partial charge is 0.128 e. The molecule has 0 saturated carbocycles. The van der Waals surface area contributed by atoms with Crippen LogP contribution >= 0.6 is 0 Å². The van der Waals surface area contributed by atoms with Gasteiger partial charge >= 0.3 is 0 Å². The van der Waals surface area contributed by atoms with Crippen molar-refractivity contribution in [2.75, 3.05) is 0 Å². The van der Waals surface area contributed by atoms with Gasteiger partial charge in [-0.1, -0.05) is 36.4 Å². The molecular weight excluding hydrogens is 332 g/mol. The lowest BCUT2D eigenvalue weighted by molar-refractivity contribution is 0.611. The van der Waals surface area contributed by atoms with Gasteiger partial charge in [-0.2, -0.15) is 0 Å². The van der Waals surface area contributed by atoms with Crippen molar-refractivity contribution in [3.8, 4) is 0 Å². The van der Waals surface area contributed by atoms with Crippen molar-refractivity contribution < 1.29 is 8.78 Å². The van der Waals surface area contributed by atoms with E-state index in [1.807, 2.05) is 6.07 Å². The van der Waals surface area contributed by atoms with Crippen LogP contribution in [0.4, 0.5) is 8.78 Å². The number of aromatic nitrogens is 1. The molecule has 5 heteroatoms. The first-order chi connectivity index (χ1) is 12.6. The summed E-state index contributed by atoms with van der Waals surface area (Å²) >= 11 is 0. The average molecular weight is 349 g/mol. The van der Waals surface area contributed by atoms with Crippen molar-refractivity contribution in [3.63, 3.8) is 0 Å². The standard InChI is InChI=1S/C21H17F2N3/c22-17-8-5-7-15(12-17)21(13-19(24)20-10-3-4-11-25-20)26-14-16-6-1-2-9-18(16)23/h1-13H,14,24H2. The largest absolute Gasteiger partial charge is 0.397 e. The highest BCUT2D eigenvalue weighted by atomic mass is 19.1. The lowest BCUT2D eigenvalue weighted by Crippen LogP contribution is -2.06. The number of aliphatic imine (C=N–C) groups is 1. The second-order valence-electron chi connectivity index (χ2n) is 5.62. The van der Waals surface area contributed by atoms with E-state index < -0.39 is 0 Å². The van der Waals surface area contributed by atoms with Gasteiger partial charge in [0.05, 0.1) is 23.6 Å². The van der Waals surface area contributed by atoms with Crippen LogP contribution in [-0.2, 0) is 6.54 Å². The topological polar surface area (TPSA) is 51.3 Å². The van der Waals surface area contributed by atoms with Crippen LogP contribution in [0, 0.1) is 11.6 Å². The predicted molar refractivity (Wildman–Crippen MR) is 99.4 cm³/mol. The van der Waals surface area contributed by atoms with E-state index in [-0.39, 0.29) is 18.2 Å². The van der Waals surface area contributed by atoms with E-state index in [0.29, 0.717) is 28.2 Å². The maximum absolute atomic E-state index is 13.9. The minimum Gasteiger partial charge on any atom is -0.397 e. The molecule has 130 valence electrons. The Labute approximate surface area is 150 Å². The Hall–Kier alpha value is -3.34. The molecule has 2 aromatic carbocycles. The van der Waals surface area contributed by atoms with Crippen LogP contribution in [0.5, 0.6) is 0 Å². The molecule has 0 radical (unpaired) electrons. The fourth-order valence-electron chi connectivity index (χ4n) is 2.42. The summed E-state index contributed by atoms with van der Waals surface area (Å²) in [5, 5.41) is 0. The van der Waals surface area contributed by atoms with Gasteiger partial charge in [0, 0.05) is 17.3 Å². The Balaban J connectivity index is 1.99. The fourth-order valence-corrected chi connectivity index (χ4v) is 2.42. The zero-order valence-electron chi connectivity index (χ0n) is 13.9. The molecule has 3 aromatic rings. The first-order valence-electron chi connectivity index (χ1n) is 8.06. The van der Waals surface area contributed by atoms with Gasteiger partial charge in [-0.25, -0.2) is 8.78 Å². The third kappa shape index (κ3) is 4.39. The Kier molecular flexibility index (Phi) is 5.49. The molecule has 0 aliphatic rings. The van der Waals surface area contributed by atoms with Gasteiger partial charge in [0.1, 0.15) is 11.6 Å². The summed E-state index contributed by atoms with van der Waals surface area (Å²) in [4.78, 5) is 8.65. The average Bonchev–Trinajstić information content (AvgIpc) is 2.67. The number of pyridine rings is 1. The monoisotopic (exact) mass is 349 g/mol. The van der Waals surface area contributed by atoms with Crippen LogP contribution in [-0.4, -0.2) is 10.7 Å². The molecule has 0 unspecified atom stereocenters. The van der Waals surface area contributed by atoms with Crippen LogP contribution in [0.1, 0.15) is 16.8 Å². The molecule has 1 heterocycles. The molecule has 0 aliphatic heterocycles. The van der Waals surface area contributed by atoms with Crippen molar-refractivity contribution >= 4 is 11.4 Å². The molecule has 0 atom stereocenters. The SMILES string of the molecule is NC(=CC(=NCc1ccccc1F)c1cccc(F)c1)c1ccccn1. The summed E-state index contributed by atoms with van der Waals surface area (Å²) < 4.78 is 27.5. The molecule has 0 amide bonds. The van der Waals surface area contributed by atoms with Gasteiger partial charge < -0.3 is 5.73 Å². The molecule has 3 rings (SSSR count). The molecule has 26 heavy (non-hydrogen) atoms. The quantitative estimate of drug-likeness (QED) is 0.696. The highest BCUT2D eigenvalue weighted by molar-refractivity contribution is 6.11. The number of nitrogens with two attached hydrogens (primary N) is 1. The highest BCUT2D eigenvalue weighted by Crippen LogP contribution is 2.13. The predicted octanol–water partition coefficient (Wildman–Crippen LogP) is 4.35. The number of hydrogen-bond donors (Lipinski definition) is 1. The van der Waals surface area contributed by atoms with Crippen LogP contribution < -0.4 is 5.73 Å². The first-order valence-corrected chi connectivity index (χ1v) is 8.06. The van der Waals surface area contributed by atoms with Crippen molar-refractivity contribution in [2.24, 2.45) is 10.7 Å². The molecule has 0 aliphatic carbocycles. The summed E-state index contributed by atoms with van der Waals surface area (Å²) in [6, 6.07) is 17.8.